The Kier molecular flexibility index (Phi) is 4.22. The average molecular weight is 268 g/mol. The Morgan fingerprint density at radius 1 is 1.39 bits per heavy atom. The first-order valence-corrected chi connectivity index (χ1v) is 7.48. The van der Waals surface area contributed by atoms with Crippen molar-refractivity contribution in [3.05, 3.63) is 5.69 Å². The Hall–Kier alpha value is -0.680. The SMILES string of the molecule is CNc1snnc1CN(C)C1CCC(C)(C)CC1. The fourth-order valence-electron chi connectivity index (χ4n) is 2.69. The molecule has 5 heteroatoms. The second kappa shape index (κ2) is 5.53. The van der Waals surface area contributed by atoms with Crippen LogP contribution in [0.5, 0.6) is 0 Å². The van der Waals surface area contributed by atoms with Gasteiger partial charge in [-0.05, 0) is 38.1 Å². The summed E-state index contributed by atoms with van der Waals surface area (Å²) in [6.45, 7) is 5.66. The normalized spacial score (nSPS) is 20.3. The van der Waals surface area contributed by atoms with Crippen molar-refractivity contribution in [3.8, 4) is 0 Å². The third kappa shape index (κ3) is 3.20. The summed E-state index contributed by atoms with van der Waals surface area (Å²) in [6, 6.07) is 0.699. The second-order valence-electron chi connectivity index (χ2n) is 6.11. The summed E-state index contributed by atoms with van der Waals surface area (Å²) < 4.78 is 4.02. The lowest BCUT2D eigenvalue weighted by Gasteiger charge is -2.38. The molecule has 0 atom stereocenters. The molecule has 1 heterocycles. The predicted octanol–water partition coefficient (Wildman–Crippen LogP) is 2.98. The summed E-state index contributed by atoms with van der Waals surface area (Å²) in [7, 11) is 4.14. The molecule has 18 heavy (non-hydrogen) atoms. The lowest BCUT2D eigenvalue weighted by Crippen LogP contribution is -2.36. The van der Waals surface area contributed by atoms with E-state index in [9.17, 15) is 0 Å². The molecule has 0 aliphatic heterocycles. The van der Waals surface area contributed by atoms with Crippen molar-refractivity contribution in [2.24, 2.45) is 5.41 Å². The van der Waals surface area contributed by atoms with Crippen LogP contribution in [0, 0.1) is 5.41 Å². The summed E-state index contributed by atoms with van der Waals surface area (Å²) in [5.41, 5.74) is 1.62. The standard InChI is InChI=1S/C13H24N4S/c1-13(2)7-5-10(6-8-13)17(4)9-11-12(14-3)18-16-15-11/h10,14H,5-9H2,1-4H3. The van der Waals surface area contributed by atoms with E-state index >= 15 is 0 Å². The highest BCUT2D eigenvalue weighted by atomic mass is 32.1. The highest BCUT2D eigenvalue weighted by molar-refractivity contribution is 7.10. The van der Waals surface area contributed by atoms with Crippen molar-refractivity contribution in [2.75, 3.05) is 19.4 Å². The smallest absolute Gasteiger partial charge is 0.134 e. The zero-order valence-corrected chi connectivity index (χ0v) is 12.7. The maximum Gasteiger partial charge on any atom is 0.134 e. The van der Waals surface area contributed by atoms with E-state index in [4.69, 9.17) is 0 Å². The molecule has 2 rings (SSSR count). The number of anilines is 1. The second-order valence-corrected chi connectivity index (χ2v) is 6.86. The lowest BCUT2D eigenvalue weighted by molar-refractivity contribution is 0.122. The van der Waals surface area contributed by atoms with Crippen LogP contribution in [0.1, 0.15) is 45.2 Å². The largest absolute Gasteiger partial charge is 0.377 e. The van der Waals surface area contributed by atoms with Crippen LogP contribution in [0.4, 0.5) is 5.00 Å². The van der Waals surface area contributed by atoms with E-state index in [0.717, 1.165) is 17.2 Å². The number of hydrogen-bond acceptors (Lipinski definition) is 5. The zero-order chi connectivity index (χ0) is 13.2. The van der Waals surface area contributed by atoms with Crippen LogP contribution in [0.25, 0.3) is 0 Å². The molecule has 0 saturated heterocycles. The maximum atomic E-state index is 4.21. The first-order chi connectivity index (χ1) is 8.52. The molecule has 0 radical (unpaired) electrons. The van der Waals surface area contributed by atoms with Crippen molar-refractivity contribution >= 4 is 16.5 Å². The molecule has 1 aromatic rings. The van der Waals surface area contributed by atoms with Gasteiger partial charge in [-0.2, -0.15) is 0 Å². The van der Waals surface area contributed by atoms with E-state index in [1.807, 2.05) is 7.05 Å². The van der Waals surface area contributed by atoms with Crippen LogP contribution < -0.4 is 5.32 Å². The van der Waals surface area contributed by atoms with Gasteiger partial charge in [-0.25, -0.2) is 0 Å². The Morgan fingerprint density at radius 3 is 2.67 bits per heavy atom. The van der Waals surface area contributed by atoms with Gasteiger partial charge in [0.2, 0.25) is 0 Å². The molecular weight excluding hydrogens is 244 g/mol. The van der Waals surface area contributed by atoms with Crippen molar-refractivity contribution < 1.29 is 0 Å². The summed E-state index contributed by atoms with van der Waals surface area (Å²) in [4.78, 5) is 2.44. The van der Waals surface area contributed by atoms with Gasteiger partial charge in [0.25, 0.3) is 0 Å². The molecule has 0 aromatic carbocycles. The van der Waals surface area contributed by atoms with Crippen LogP contribution in [0.3, 0.4) is 0 Å². The van der Waals surface area contributed by atoms with Gasteiger partial charge in [0.05, 0.1) is 0 Å². The molecule has 0 unspecified atom stereocenters. The van der Waals surface area contributed by atoms with Crippen LogP contribution in [-0.4, -0.2) is 34.6 Å². The van der Waals surface area contributed by atoms with Crippen molar-refractivity contribution in [3.63, 3.8) is 0 Å². The van der Waals surface area contributed by atoms with Crippen LogP contribution in [0.2, 0.25) is 0 Å². The highest BCUT2D eigenvalue weighted by Crippen LogP contribution is 2.37. The molecule has 4 nitrogen and oxygen atoms in total. The molecule has 0 bridgehead atoms. The van der Waals surface area contributed by atoms with Gasteiger partial charge in [-0.1, -0.05) is 18.3 Å². The molecule has 1 fully saturated rings. The van der Waals surface area contributed by atoms with Crippen molar-refractivity contribution in [2.45, 2.75) is 52.1 Å². The highest BCUT2D eigenvalue weighted by Gasteiger charge is 2.29. The topological polar surface area (TPSA) is 41.1 Å². The minimum atomic E-state index is 0.537. The Balaban J connectivity index is 1.91. The van der Waals surface area contributed by atoms with E-state index in [1.165, 1.54) is 37.2 Å². The van der Waals surface area contributed by atoms with Crippen LogP contribution >= 0.6 is 11.5 Å². The number of aromatic nitrogens is 2. The third-order valence-electron chi connectivity index (χ3n) is 4.11. The monoisotopic (exact) mass is 268 g/mol. The molecule has 1 N–H and O–H groups in total. The zero-order valence-electron chi connectivity index (χ0n) is 11.9. The van der Waals surface area contributed by atoms with E-state index in [0.29, 0.717) is 11.5 Å². The minimum Gasteiger partial charge on any atom is -0.377 e. The number of hydrogen-bond donors (Lipinski definition) is 1. The number of rotatable bonds is 4. The van der Waals surface area contributed by atoms with Gasteiger partial charge in [-0.15, -0.1) is 5.10 Å². The lowest BCUT2D eigenvalue weighted by atomic mass is 9.75. The molecule has 1 saturated carbocycles. The summed E-state index contributed by atoms with van der Waals surface area (Å²) in [5.74, 6) is 0. The van der Waals surface area contributed by atoms with Crippen LogP contribution in [0.15, 0.2) is 0 Å². The van der Waals surface area contributed by atoms with Crippen LogP contribution in [-0.2, 0) is 6.54 Å². The first-order valence-electron chi connectivity index (χ1n) is 6.71. The van der Waals surface area contributed by atoms with Gasteiger partial charge < -0.3 is 5.32 Å². The predicted molar refractivity (Wildman–Crippen MR) is 77.0 cm³/mol. The molecule has 1 aromatic heterocycles. The Bertz CT molecular complexity index is 378. The molecule has 0 spiro atoms. The van der Waals surface area contributed by atoms with E-state index < -0.39 is 0 Å². The maximum absolute atomic E-state index is 4.21. The molecule has 1 aliphatic rings. The van der Waals surface area contributed by atoms with E-state index in [2.05, 4.69) is 40.7 Å². The third-order valence-corrected chi connectivity index (χ3v) is 4.90. The van der Waals surface area contributed by atoms with Crippen molar-refractivity contribution in [1.29, 1.82) is 0 Å². The molecule has 0 amide bonds. The Morgan fingerprint density at radius 2 is 2.06 bits per heavy atom. The fourth-order valence-corrected chi connectivity index (χ4v) is 3.22. The average Bonchev–Trinajstić information content (AvgIpc) is 2.76. The van der Waals surface area contributed by atoms with Gasteiger partial charge in [-0.3, -0.25) is 4.90 Å². The summed E-state index contributed by atoms with van der Waals surface area (Å²) in [6.07, 6.45) is 5.26. The Labute approximate surface area is 114 Å². The van der Waals surface area contributed by atoms with Gasteiger partial charge >= 0.3 is 0 Å². The van der Waals surface area contributed by atoms with Gasteiger partial charge in [0.1, 0.15) is 10.7 Å². The van der Waals surface area contributed by atoms with E-state index in [1.54, 1.807) is 0 Å². The van der Waals surface area contributed by atoms with Gasteiger partial charge in [0.15, 0.2) is 0 Å². The molecule has 1 aliphatic carbocycles. The quantitative estimate of drug-likeness (QED) is 0.911. The first kappa shape index (κ1) is 13.7. The minimum absolute atomic E-state index is 0.537. The number of nitrogens with one attached hydrogen (secondary N) is 1. The summed E-state index contributed by atoms with van der Waals surface area (Å²) in [5, 5.41) is 8.47. The fraction of sp³-hybridized carbons (Fsp3) is 0.846. The molecule has 102 valence electrons. The van der Waals surface area contributed by atoms with E-state index in [-0.39, 0.29) is 0 Å². The van der Waals surface area contributed by atoms with Crippen molar-refractivity contribution in [1.82, 2.24) is 14.5 Å². The van der Waals surface area contributed by atoms with Gasteiger partial charge in [0, 0.05) is 31.2 Å². The summed E-state index contributed by atoms with van der Waals surface area (Å²) >= 11 is 1.44. The molecular formula is C13H24N4S. The number of nitrogens with zero attached hydrogens (tertiary/aromatic N) is 3.